The van der Waals surface area contributed by atoms with Gasteiger partial charge in [-0.05, 0) is 54.0 Å². The van der Waals surface area contributed by atoms with E-state index in [9.17, 15) is 9.18 Å². The lowest BCUT2D eigenvalue weighted by molar-refractivity contribution is 0.186. The highest BCUT2D eigenvalue weighted by Gasteiger charge is 2.46. The molecule has 3 aromatic rings. The lowest BCUT2D eigenvalue weighted by Gasteiger charge is -2.42. The van der Waals surface area contributed by atoms with Crippen LogP contribution >= 0.6 is 23.4 Å². The minimum atomic E-state index is -0.264. The number of piperidine rings is 1. The number of hydrogen-bond donors (Lipinski definition) is 3. The number of nitrogens with two attached hydrogens (primary N) is 3. The summed E-state index contributed by atoms with van der Waals surface area (Å²) < 4.78 is 15.2. The van der Waals surface area contributed by atoms with Crippen LogP contribution in [0.4, 0.5) is 22.0 Å². The zero-order valence-corrected chi connectivity index (χ0v) is 20.2. The monoisotopic (exact) mass is 501 g/mol. The van der Waals surface area contributed by atoms with E-state index in [-0.39, 0.29) is 44.4 Å². The number of anilines is 3. The number of aromatic nitrogens is 3. The fourth-order valence-electron chi connectivity index (χ4n) is 5.08. The Morgan fingerprint density at radius 2 is 1.94 bits per heavy atom. The molecule has 8 nitrogen and oxygen atoms in total. The van der Waals surface area contributed by atoms with E-state index >= 15 is 0 Å². The van der Waals surface area contributed by atoms with E-state index in [1.54, 1.807) is 19.2 Å². The summed E-state index contributed by atoms with van der Waals surface area (Å²) in [5.41, 5.74) is 20.3. The first kappa shape index (κ1) is 22.9. The van der Waals surface area contributed by atoms with Crippen molar-refractivity contribution in [3.63, 3.8) is 0 Å². The van der Waals surface area contributed by atoms with Crippen LogP contribution in [0.15, 0.2) is 45.0 Å². The van der Waals surface area contributed by atoms with Crippen molar-refractivity contribution in [2.24, 2.45) is 18.2 Å². The zero-order valence-electron chi connectivity index (χ0n) is 18.6. The molecule has 1 aliphatic carbocycles. The number of benzene rings is 1. The molecule has 1 spiro atoms. The maximum Gasteiger partial charge on any atom is 0.270 e. The summed E-state index contributed by atoms with van der Waals surface area (Å²) in [6.07, 6.45) is 3.90. The molecule has 2 aromatic heterocycles. The molecule has 0 saturated carbocycles. The van der Waals surface area contributed by atoms with Gasteiger partial charge in [-0.2, -0.15) is 4.98 Å². The molecule has 178 valence electrons. The molecule has 1 saturated heterocycles. The van der Waals surface area contributed by atoms with Crippen molar-refractivity contribution in [3.05, 3.63) is 62.8 Å². The number of hydrogen-bond acceptors (Lipinski definition) is 8. The van der Waals surface area contributed by atoms with Crippen LogP contribution < -0.4 is 27.7 Å². The Morgan fingerprint density at radius 1 is 1.21 bits per heavy atom. The van der Waals surface area contributed by atoms with Crippen LogP contribution in [-0.4, -0.2) is 27.6 Å². The molecule has 1 atom stereocenters. The number of pyridine rings is 1. The molecule has 34 heavy (non-hydrogen) atoms. The van der Waals surface area contributed by atoms with Gasteiger partial charge in [0.1, 0.15) is 22.3 Å². The van der Waals surface area contributed by atoms with Crippen molar-refractivity contribution in [2.45, 2.75) is 35.1 Å². The van der Waals surface area contributed by atoms with Gasteiger partial charge in [0.05, 0.1) is 5.02 Å². The molecule has 3 heterocycles. The summed E-state index contributed by atoms with van der Waals surface area (Å²) in [4.78, 5) is 24.6. The fraction of sp³-hybridized carbons (Fsp3) is 0.348. The molecule has 0 unspecified atom stereocenters. The van der Waals surface area contributed by atoms with Crippen LogP contribution in [0.3, 0.4) is 0 Å². The van der Waals surface area contributed by atoms with Crippen LogP contribution in [0.2, 0.25) is 5.02 Å². The Morgan fingerprint density at radius 3 is 2.68 bits per heavy atom. The van der Waals surface area contributed by atoms with Gasteiger partial charge in [-0.3, -0.25) is 9.36 Å². The highest BCUT2D eigenvalue weighted by Crippen LogP contribution is 2.51. The molecule has 1 aromatic carbocycles. The Labute approximate surface area is 205 Å². The number of fused-ring (bicyclic) bond motifs is 1. The predicted molar refractivity (Wildman–Crippen MR) is 133 cm³/mol. The second-order valence-corrected chi connectivity index (χ2v) is 10.4. The van der Waals surface area contributed by atoms with E-state index in [0.717, 1.165) is 42.2 Å². The Kier molecular flexibility index (Phi) is 5.70. The maximum atomic E-state index is 13.7. The Balaban J connectivity index is 1.38. The van der Waals surface area contributed by atoms with E-state index in [1.807, 2.05) is 6.07 Å². The summed E-state index contributed by atoms with van der Waals surface area (Å²) in [6, 6.07) is 6.42. The first-order valence-electron chi connectivity index (χ1n) is 10.9. The summed E-state index contributed by atoms with van der Waals surface area (Å²) in [7, 11) is 1.68. The van der Waals surface area contributed by atoms with Crippen molar-refractivity contribution < 1.29 is 4.39 Å². The topological polar surface area (TPSA) is 129 Å². The van der Waals surface area contributed by atoms with Crippen LogP contribution in [0.5, 0.6) is 0 Å². The highest BCUT2D eigenvalue weighted by atomic mass is 35.5. The van der Waals surface area contributed by atoms with E-state index in [0.29, 0.717) is 23.9 Å². The summed E-state index contributed by atoms with van der Waals surface area (Å²) in [5, 5.41) is 0.271. The quantitative estimate of drug-likeness (QED) is 0.499. The van der Waals surface area contributed by atoms with Gasteiger partial charge in [0, 0.05) is 37.3 Å². The van der Waals surface area contributed by atoms with Gasteiger partial charge < -0.3 is 22.1 Å². The summed E-state index contributed by atoms with van der Waals surface area (Å²) in [6.45, 7) is 1.34. The molecule has 5 rings (SSSR count). The lowest BCUT2D eigenvalue weighted by Crippen LogP contribution is -2.46. The number of nitrogen functional groups attached to an aromatic ring is 2. The highest BCUT2D eigenvalue weighted by molar-refractivity contribution is 7.99. The molecule has 0 amide bonds. The van der Waals surface area contributed by atoms with Gasteiger partial charge in [-0.25, -0.2) is 9.37 Å². The number of halogens is 2. The predicted octanol–water partition coefficient (Wildman–Crippen LogP) is 3.13. The van der Waals surface area contributed by atoms with Crippen molar-refractivity contribution in [1.82, 2.24) is 14.5 Å². The van der Waals surface area contributed by atoms with Gasteiger partial charge in [0.15, 0.2) is 0 Å². The average molecular weight is 502 g/mol. The zero-order chi connectivity index (χ0) is 24.2. The second kappa shape index (κ2) is 8.44. The second-order valence-electron chi connectivity index (χ2n) is 8.95. The van der Waals surface area contributed by atoms with Crippen LogP contribution in [0.1, 0.15) is 30.0 Å². The van der Waals surface area contributed by atoms with Gasteiger partial charge in [-0.1, -0.05) is 29.4 Å². The first-order valence-corrected chi connectivity index (χ1v) is 12.1. The van der Waals surface area contributed by atoms with Gasteiger partial charge in [0.2, 0.25) is 5.95 Å². The molecule has 11 heteroatoms. The van der Waals surface area contributed by atoms with Crippen molar-refractivity contribution >= 4 is 40.9 Å². The lowest BCUT2D eigenvalue weighted by atomic mass is 9.73. The van der Waals surface area contributed by atoms with Gasteiger partial charge >= 0.3 is 0 Å². The van der Waals surface area contributed by atoms with E-state index in [2.05, 4.69) is 14.9 Å². The minimum Gasteiger partial charge on any atom is -0.382 e. The molecule has 6 N–H and O–H groups in total. The third-order valence-electron chi connectivity index (χ3n) is 7.03. The van der Waals surface area contributed by atoms with Crippen molar-refractivity contribution in [1.29, 1.82) is 0 Å². The van der Waals surface area contributed by atoms with E-state index in [4.69, 9.17) is 28.8 Å². The fourth-order valence-corrected chi connectivity index (χ4v) is 6.23. The Bertz CT molecular complexity index is 1340. The van der Waals surface area contributed by atoms with Gasteiger partial charge in [0.25, 0.3) is 5.56 Å². The molecular weight excluding hydrogens is 477 g/mol. The largest absolute Gasteiger partial charge is 0.382 e. The molecule has 1 aliphatic heterocycles. The SMILES string of the molecule is Cn1c(N2CCC3(CC2)Cc2cc(F)ccc2[C@H]3N)nc(N)c(Sc2ccnc(N)c2Cl)c1=O. The standard InChI is InChI=1S/C23H25ClFN7OS/c1-31-21(33)17(34-15-4-7-29-19(27)16(15)24)20(28)30-22(31)32-8-5-23(6-9-32)11-12-10-13(25)2-3-14(12)18(23)26/h2-4,7,10,18H,5-6,8-9,11,26,28H2,1H3,(H2,27,29)/t18-/m1/s1. The first-order chi connectivity index (χ1) is 16.2. The summed E-state index contributed by atoms with van der Waals surface area (Å²) >= 11 is 7.36. The molecule has 0 bridgehead atoms. The van der Waals surface area contributed by atoms with E-state index < -0.39 is 0 Å². The van der Waals surface area contributed by atoms with Crippen LogP contribution in [-0.2, 0) is 13.5 Å². The third kappa shape index (κ3) is 3.70. The van der Waals surface area contributed by atoms with Crippen LogP contribution in [0.25, 0.3) is 0 Å². The molecular formula is C23H25ClFN7OS. The molecule has 0 radical (unpaired) electrons. The average Bonchev–Trinajstić information content (AvgIpc) is 3.07. The van der Waals surface area contributed by atoms with E-state index in [1.165, 1.54) is 16.8 Å². The molecule has 1 fully saturated rings. The maximum absolute atomic E-state index is 13.7. The van der Waals surface area contributed by atoms with Crippen LogP contribution in [0, 0.1) is 11.2 Å². The number of nitrogens with zero attached hydrogens (tertiary/aromatic N) is 4. The third-order valence-corrected chi connectivity index (χ3v) is 8.69. The van der Waals surface area contributed by atoms with Crippen molar-refractivity contribution in [3.8, 4) is 0 Å². The normalized spacial score (nSPS) is 18.9. The Hall–Kier alpha value is -2.82. The van der Waals surface area contributed by atoms with Crippen molar-refractivity contribution in [2.75, 3.05) is 29.5 Å². The smallest absolute Gasteiger partial charge is 0.270 e. The number of rotatable bonds is 3. The summed E-state index contributed by atoms with van der Waals surface area (Å²) in [5.74, 6) is 0.597. The van der Waals surface area contributed by atoms with Gasteiger partial charge in [-0.15, -0.1) is 0 Å². The molecule has 2 aliphatic rings. The minimum absolute atomic E-state index is 0.120.